The summed E-state index contributed by atoms with van der Waals surface area (Å²) in [7, 11) is 1.89. The Bertz CT molecular complexity index is 848. The van der Waals surface area contributed by atoms with Gasteiger partial charge in [0.15, 0.2) is 5.82 Å². The Morgan fingerprint density at radius 2 is 2.12 bits per heavy atom. The first-order valence-corrected chi connectivity index (χ1v) is 8.89. The number of halogens is 1. The monoisotopic (exact) mass is 366 g/mol. The van der Waals surface area contributed by atoms with Crippen molar-refractivity contribution < 1.29 is 10.2 Å². The minimum atomic E-state index is -0.288. The number of aliphatic hydroxyl groups is 1. The van der Waals surface area contributed by atoms with Crippen LogP contribution in [0.3, 0.4) is 0 Å². The molecule has 1 unspecified atom stereocenters. The van der Waals surface area contributed by atoms with Gasteiger partial charge in [-0.25, -0.2) is 4.98 Å². The number of fused-ring (bicyclic) bond motifs is 1. The fraction of sp³-hybridized carbons (Fsp3) is 0.375. The molecule has 0 bridgehead atoms. The first-order chi connectivity index (χ1) is 11.6. The van der Waals surface area contributed by atoms with Crippen LogP contribution in [0.4, 0.5) is 0 Å². The molecule has 0 spiro atoms. The molecular weight excluding hydrogens is 348 g/mol. The van der Waals surface area contributed by atoms with E-state index in [0.29, 0.717) is 33.7 Å². The number of benzene rings is 1. The summed E-state index contributed by atoms with van der Waals surface area (Å²) in [6.07, 6.45) is 0.710. The second kappa shape index (κ2) is 7.06. The van der Waals surface area contributed by atoms with Crippen LogP contribution in [0.5, 0.6) is 5.88 Å². The van der Waals surface area contributed by atoms with Crippen LogP contribution in [0.25, 0.3) is 4.96 Å². The predicted molar refractivity (Wildman–Crippen MR) is 94.9 cm³/mol. The van der Waals surface area contributed by atoms with Crippen molar-refractivity contribution in [3.8, 4) is 5.88 Å². The number of aromatic nitrogens is 3. The summed E-state index contributed by atoms with van der Waals surface area (Å²) in [5, 5.41) is 24.9. The van der Waals surface area contributed by atoms with Crippen molar-refractivity contribution in [1.82, 2.24) is 19.5 Å². The number of aryl methyl sites for hydroxylation is 1. The quantitative estimate of drug-likeness (QED) is 0.701. The number of nitrogens with zero attached hydrogens (tertiary/aromatic N) is 4. The highest BCUT2D eigenvalue weighted by atomic mass is 35.5. The van der Waals surface area contributed by atoms with Crippen LogP contribution in [0.15, 0.2) is 24.3 Å². The van der Waals surface area contributed by atoms with E-state index in [2.05, 4.69) is 10.1 Å². The lowest BCUT2D eigenvalue weighted by molar-refractivity contribution is 0.196. The van der Waals surface area contributed by atoms with Gasteiger partial charge in [-0.1, -0.05) is 48.1 Å². The van der Waals surface area contributed by atoms with Crippen molar-refractivity contribution in [2.45, 2.75) is 19.4 Å². The number of rotatable bonds is 6. The first-order valence-electron chi connectivity index (χ1n) is 7.69. The van der Waals surface area contributed by atoms with E-state index in [9.17, 15) is 10.2 Å². The van der Waals surface area contributed by atoms with Gasteiger partial charge in [-0.3, -0.25) is 4.90 Å². The molecule has 2 N–H and O–H groups in total. The summed E-state index contributed by atoms with van der Waals surface area (Å²) in [5.41, 5.74) is 0.866. The van der Waals surface area contributed by atoms with Gasteiger partial charge in [-0.15, -0.1) is 5.10 Å². The molecule has 0 aliphatic heterocycles. The van der Waals surface area contributed by atoms with E-state index in [4.69, 9.17) is 11.6 Å². The van der Waals surface area contributed by atoms with Gasteiger partial charge in [0.05, 0.1) is 17.5 Å². The molecule has 8 heteroatoms. The Hall–Kier alpha value is -1.67. The SMILES string of the molecule is CCc1nc2sc(C(c3ccccc3Cl)N(C)CCO)c(O)n2n1. The van der Waals surface area contributed by atoms with E-state index in [-0.39, 0.29) is 18.5 Å². The van der Waals surface area contributed by atoms with Crippen molar-refractivity contribution in [3.63, 3.8) is 0 Å². The Kier molecular flexibility index (Phi) is 5.05. The molecule has 1 atom stereocenters. The molecular formula is C16H19ClN4O2S. The molecule has 0 fully saturated rings. The van der Waals surface area contributed by atoms with Crippen molar-refractivity contribution in [3.05, 3.63) is 45.6 Å². The molecule has 1 aromatic carbocycles. The lowest BCUT2D eigenvalue weighted by Crippen LogP contribution is -2.28. The van der Waals surface area contributed by atoms with Gasteiger partial charge in [0.2, 0.25) is 10.8 Å². The van der Waals surface area contributed by atoms with Gasteiger partial charge in [-0.2, -0.15) is 4.52 Å². The molecule has 3 rings (SSSR count). The van der Waals surface area contributed by atoms with Crippen LogP contribution >= 0.6 is 22.9 Å². The van der Waals surface area contributed by atoms with E-state index in [0.717, 1.165) is 5.56 Å². The topological polar surface area (TPSA) is 73.9 Å². The van der Waals surface area contributed by atoms with E-state index in [1.165, 1.54) is 15.9 Å². The zero-order valence-electron chi connectivity index (χ0n) is 13.5. The number of hydrogen-bond acceptors (Lipinski definition) is 6. The normalized spacial score (nSPS) is 13.0. The van der Waals surface area contributed by atoms with Crippen LogP contribution in [0, 0.1) is 0 Å². The lowest BCUT2D eigenvalue weighted by atomic mass is 10.0. The smallest absolute Gasteiger partial charge is 0.230 e. The number of hydrogen-bond donors (Lipinski definition) is 2. The number of aromatic hydroxyl groups is 1. The average Bonchev–Trinajstić information content (AvgIpc) is 3.10. The minimum Gasteiger partial charge on any atom is -0.492 e. The van der Waals surface area contributed by atoms with Crippen LogP contribution in [-0.2, 0) is 6.42 Å². The average molecular weight is 367 g/mol. The van der Waals surface area contributed by atoms with Crippen molar-refractivity contribution in [2.75, 3.05) is 20.2 Å². The molecule has 2 heterocycles. The molecule has 0 amide bonds. The maximum absolute atomic E-state index is 10.7. The van der Waals surface area contributed by atoms with E-state index >= 15 is 0 Å². The van der Waals surface area contributed by atoms with Crippen LogP contribution < -0.4 is 0 Å². The second-order valence-corrected chi connectivity index (χ2v) is 6.91. The summed E-state index contributed by atoms with van der Waals surface area (Å²) >= 11 is 7.76. The Balaban J connectivity index is 2.13. The molecule has 0 aliphatic rings. The van der Waals surface area contributed by atoms with Crippen LogP contribution in [-0.4, -0.2) is 49.9 Å². The third kappa shape index (κ3) is 3.00. The van der Waals surface area contributed by atoms with E-state index in [1.54, 1.807) is 0 Å². The lowest BCUT2D eigenvalue weighted by Gasteiger charge is -2.27. The standard InChI is InChI=1S/C16H19ClN4O2S/c1-3-12-18-16-21(19-12)15(23)14(24-16)13(20(2)8-9-22)10-6-4-5-7-11(10)17/h4-7,13,22-23H,3,8-9H2,1-2H3. The number of likely N-dealkylation sites (N-methyl/N-ethyl adjacent to an activating group) is 1. The van der Waals surface area contributed by atoms with E-state index < -0.39 is 0 Å². The summed E-state index contributed by atoms with van der Waals surface area (Å²) in [5.74, 6) is 0.762. The number of aliphatic hydroxyl groups excluding tert-OH is 1. The van der Waals surface area contributed by atoms with Crippen molar-refractivity contribution in [1.29, 1.82) is 0 Å². The summed E-state index contributed by atoms with van der Waals surface area (Å²) in [4.78, 5) is 7.73. The molecule has 6 nitrogen and oxygen atoms in total. The largest absolute Gasteiger partial charge is 0.492 e. The third-order valence-electron chi connectivity index (χ3n) is 3.90. The molecule has 3 aromatic rings. The molecule has 0 radical (unpaired) electrons. The van der Waals surface area contributed by atoms with Gasteiger partial charge < -0.3 is 10.2 Å². The van der Waals surface area contributed by atoms with Gasteiger partial charge in [0, 0.05) is 18.0 Å². The highest BCUT2D eigenvalue weighted by Gasteiger charge is 2.28. The van der Waals surface area contributed by atoms with Crippen molar-refractivity contribution >= 4 is 27.9 Å². The highest BCUT2D eigenvalue weighted by molar-refractivity contribution is 7.17. The third-order valence-corrected chi connectivity index (χ3v) is 5.32. The van der Waals surface area contributed by atoms with Gasteiger partial charge in [-0.05, 0) is 18.7 Å². The van der Waals surface area contributed by atoms with Gasteiger partial charge >= 0.3 is 0 Å². The number of thiazole rings is 1. The molecule has 2 aromatic heterocycles. The fourth-order valence-corrected chi connectivity index (χ4v) is 4.08. The van der Waals surface area contributed by atoms with Crippen LogP contribution in [0.1, 0.15) is 29.2 Å². The van der Waals surface area contributed by atoms with Crippen molar-refractivity contribution in [2.24, 2.45) is 0 Å². The summed E-state index contributed by atoms with van der Waals surface area (Å²) in [6, 6.07) is 7.23. The maximum Gasteiger partial charge on any atom is 0.230 e. The zero-order chi connectivity index (χ0) is 17.3. The van der Waals surface area contributed by atoms with E-state index in [1.807, 2.05) is 43.1 Å². The molecule has 24 heavy (non-hydrogen) atoms. The maximum atomic E-state index is 10.7. The molecule has 0 saturated carbocycles. The fourth-order valence-electron chi connectivity index (χ4n) is 2.68. The Labute approximate surface area is 148 Å². The van der Waals surface area contributed by atoms with Gasteiger partial charge in [0.25, 0.3) is 0 Å². The molecule has 0 aliphatic carbocycles. The summed E-state index contributed by atoms with van der Waals surface area (Å²) < 4.78 is 1.47. The highest BCUT2D eigenvalue weighted by Crippen LogP contribution is 2.41. The predicted octanol–water partition coefficient (Wildman–Crippen LogP) is 2.73. The Morgan fingerprint density at radius 3 is 2.75 bits per heavy atom. The van der Waals surface area contributed by atoms with Gasteiger partial charge in [0.1, 0.15) is 0 Å². The zero-order valence-corrected chi connectivity index (χ0v) is 15.0. The molecule has 0 saturated heterocycles. The molecule has 128 valence electrons. The van der Waals surface area contributed by atoms with Crippen LogP contribution in [0.2, 0.25) is 5.02 Å². The second-order valence-electron chi connectivity index (χ2n) is 5.49. The Morgan fingerprint density at radius 1 is 1.38 bits per heavy atom. The minimum absolute atomic E-state index is 0.0129. The first kappa shape index (κ1) is 17.2. The summed E-state index contributed by atoms with van der Waals surface area (Å²) in [6.45, 7) is 2.43.